The van der Waals surface area contributed by atoms with Gasteiger partial charge in [0.25, 0.3) is 0 Å². The van der Waals surface area contributed by atoms with Crippen LogP contribution in [0, 0.1) is 18.2 Å². The van der Waals surface area contributed by atoms with E-state index in [-0.39, 0.29) is 51.0 Å². The van der Waals surface area contributed by atoms with Gasteiger partial charge in [0.15, 0.2) is 5.13 Å². The molecule has 12 heteroatoms. The molecule has 4 amide bonds. The number of nitrogens with zero attached hydrogens (tertiary/aromatic N) is 5. The predicted octanol–water partition coefficient (Wildman–Crippen LogP) is 3.20. The van der Waals surface area contributed by atoms with E-state index >= 15 is 0 Å². The molecule has 0 unspecified atom stereocenters. The van der Waals surface area contributed by atoms with Gasteiger partial charge in [-0.2, -0.15) is 5.01 Å². The second kappa shape index (κ2) is 12.3. The summed E-state index contributed by atoms with van der Waals surface area (Å²) in [5.41, 5.74) is 9.12. The number of nitrogens with one attached hydrogen (secondary N) is 1. The van der Waals surface area contributed by atoms with Crippen molar-refractivity contribution < 1.29 is 18.8 Å². The van der Waals surface area contributed by atoms with E-state index in [0.717, 1.165) is 15.8 Å². The number of fused-ring (bicyclic) bond motifs is 2. The molecule has 2 atom stereocenters. The largest absolute Gasteiger partial charge is 0.375 e. The predicted molar refractivity (Wildman–Crippen MR) is 165 cm³/mol. The first-order chi connectivity index (χ1) is 21.3. The monoisotopic (exact) mass is 611 g/mol. The topological polar surface area (TPSA) is 115 Å². The van der Waals surface area contributed by atoms with E-state index in [2.05, 4.69) is 16.2 Å². The van der Waals surface area contributed by atoms with Crippen LogP contribution < -0.4 is 11.1 Å². The zero-order valence-electron chi connectivity index (χ0n) is 23.7. The molecule has 3 aromatic carbocycles. The summed E-state index contributed by atoms with van der Waals surface area (Å²) >= 11 is 1.37. The van der Waals surface area contributed by atoms with Gasteiger partial charge in [-0.05, 0) is 34.9 Å². The molecular formula is C32H30FN7O3S. The average Bonchev–Trinajstić information content (AvgIpc) is 3.57. The molecule has 44 heavy (non-hydrogen) atoms. The number of nitrogen functional groups attached to an aromatic ring is 1. The van der Waals surface area contributed by atoms with Gasteiger partial charge in [-0.1, -0.05) is 71.9 Å². The number of nitrogens with two attached hydrogens (primary N) is 1. The van der Waals surface area contributed by atoms with E-state index in [4.69, 9.17) is 12.2 Å². The lowest BCUT2D eigenvalue weighted by Gasteiger charge is -2.46. The van der Waals surface area contributed by atoms with Crippen LogP contribution in [0.1, 0.15) is 16.7 Å². The summed E-state index contributed by atoms with van der Waals surface area (Å²) in [6, 6.07) is 19.7. The number of carbonyl (C=O) groups excluding carboxylic acids is 3. The van der Waals surface area contributed by atoms with Crippen LogP contribution in [0.15, 0.2) is 72.8 Å². The smallest absolute Gasteiger partial charge is 0.333 e. The Labute approximate surface area is 257 Å². The fraction of sp³-hybridized carbons (Fsp3) is 0.250. The molecule has 2 aliphatic rings. The summed E-state index contributed by atoms with van der Waals surface area (Å²) in [4.78, 5) is 48.9. The van der Waals surface area contributed by atoms with E-state index in [1.807, 2.05) is 48.5 Å². The van der Waals surface area contributed by atoms with Crippen LogP contribution >= 0.6 is 11.3 Å². The van der Waals surface area contributed by atoms with Crippen molar-refractivity contribution >= 4 is 44.5 Å². The van der Waals surface area contributed by atoms with Crippen LogP contribution in [0.3, 0.4) is 0 Å². The van der Waals surface area contributed by atoms with E-state index in [1.54, 1.807) is 22.0 Å². The maximum Gasteiger partial charge on any atom is 0.333 e. The van der Waals surface area contributed by atoms with Gasteiger partial charge in [-0.25, -0.2) is 19.2 Å². The molecule has 1 aromatic heterocycles. The van der Waals surface area contributed by atoms with Crippen LogP contribution in [-0.2, 0) is 29.1 Å². The Morgan fingerprint density at radius 2 is 1.86 bits per heavy atom. The van der Waals surface area contributed by atoms with Crippen molar-refractivity contribution in [2.24, 2.45) is 0 Å². The van der Waals surface area contributed by atoms with Crippen LogP contribution in [0.5, 0.6) is 0 Å². The molecule has 224 valence electrons. The molecule has 10 nitrogen and oxygen atoms in total. The Hall–Kier alpha value is -4.99. The minimum Gasteiger partial charge on any atom is -0.375 e. The van der Waals surface area contributed by atoms with Gasteiger partial charge in [0.2, 0.25) is 11.8 Å². The number of anilines is 1. The van der Waals surface area contributed by atoms with E-state index < -0.39 is 24.1 Å². The normalized spacial score (nSPS) is 18.4. The molecule has 3 N–H and O–H groups in total. The van der Waals surface area contributed by atoms with Crippen molar-refractivity contribution in [3.63, 3.8) is 0 Å². The second-order valence-electron chi connectivity index (χ2n) is 10.7. The molecule has 0 saturated carbocycles. The minimum absolute atomic E-state index is 0.0772. The highest BCUT2D eigenvalue weighted by molar-refractivity contribution is 7.22. The van der Waals surface area contributed by atoms with Crippen molar-refractivity contribution in [1.82, 2.24) is 30.1 Å². The summed E-state index contributed by atoms with van der Waals surface area (Å²) in [6.45, 7) is 0.417. The van der Waals surface area contributed by atoms with Crippen molar-refractivity contribution in [2.45, 2.75) is 31.7 Å². The summed E-state index contributed by atoms with van der Waals surface area (Å²) in [6.07, 6.45) is 5.19. The molecular weight excluding hydrogens is 581 g/mol. The highest BCUT2D eigenvalue weighted by atomic mass is 32.1. The molecule has 6 rings (SSSR count). The number of amides is 4. The standard InChI is InChI=1S/C32H30FN7O3S/c1-2-15-38(32(43)35-17-22-7-4-3-5-8-22)39-20-28(41)40-25(16-21-11-13-24(33)14-12-21)30(42)37(19-27(39)40)18-23-9-6-10-26-29(23)36-31(34)44-26/h1,3-14,25,27H,15-20H2,(H2,34,36)(H,35,43)/t25-,27+/m0/s1. The van der Waals surface area contributed by atoms with Gasteiger partial charge in [-0.15, -0.1) is 6.42 Å². The molecule has 2 fully saturated rings. The average molecular weight is 612 g/mol. The third-order valence-electron chi connectivity index (χ3n) is 7.86. The summed E-state index contributed by atoms with van der Waals surface area (Å²) < 4.78 is 14.6. The Balaban J connectivity index is 1.32. The van der Waals surface area contributed by atoms with Crippen LogP contribution in [-0.4, -0.2) is 74.5 Å². The second-order valence-corrected chi connectivity index (χ2v) is 11.7. The van der Waals surface area contributed by atoms with E-state index in [0.29, 0.717) is 16.2 Å². The number of piperazine rings is 1. The van der Waals surface area contributed by atoms with Crippen molar-refractivity contribution in [1.29, 1.82) is 0 Å². The summed E-state index contributed by atoms with van der Waals surface area (Å²) in [5, 5.41) is 6.32. The summed E-state index contributed by atoms with van der Waals surface area (Å²) in [5.74, 6) is 1.58. The number of rotatable bonds is 8. The lowest BCUT2D eigenvalue weighted by molar-refractivity contribution is -0.157. The first-order valence-corrected chi connectivity index (χ1v) is 14.9. The Kier molecular flexibility index (Phi) is 8.15. The number of thiazole rings is 1. The van der Waals surface area contributed by atoms with Crippen molar-refractivity contribution in [2.75, 3.05) is 25.4 Å². The Morgan fingerprint density at radius 3 is 2.61 bits per heavy atom. The lowest BCUT2D eigenvalue weighted by Crippen LogP contribution is -2.66. The van der Waals surface area contributed by atoms with Gasteiger partial charge >= 0.3 is 6.03 Å². The number of para-hydroxylation sites is 1. The summed E-state index contributed by atoms with van der Waals surface area (Å²) in [7, 11) is 0. The third-order valence-corrected chi connectivity index (χ3v) is 8.71. The third kappa shape index (κ3) is 5.79. The Morgan fingerprint density at radius 1 is 1.09 bits per heavy atom. The van der Waals surface area contributed by atoms with Gasteiger partial charge in [0, 0.05) is 19.5 Å². The van der Waals surface area contributed by atoms with Crippen LogP contribution in [0.25, 0.3) is 10.2 Å². The van der Waals surface area contributed by atoms with E-state index in [1.165, 1.54) is 33.4 Å². The van der Waals surface area contributed by atoms with Gasteiger partial charge in [0.1, 0.15) is 18.0 Å². The lowest BCUT2D eigenvalue weighted by atomic mass is 10.00. The molecule has 0 aliphatic carbocycles. The number of aromatic nitrogens is 1. The number of benzene rings is 3. The first kappa shape index (κ1) is 29.1. The zero-order valence-corrected chi connectivity index (χ0v) is 24.5. The maximum absolute atomic E-state index is 14.1. The highest BCUT2D eigenvalue weighted by Gasteiger charge is 2.52. The number of hydrogen-bond donors (Lipinski definition) is 2. The molecule has 0 bridgehead atoms. The van der Waals surface area contributed by atoms with Crippen molar-refractivity contribution in [3.8, 4) is 12.3 Å². The quantitative estimate of drug-likeness (QED) is 0.296. The SMILES string of the molecule is C#CCN(C(=O)NCc1ccccc1)N1CC(=O)N2[C@@H](Cc3ccc(F)cc3)C(=O)N(Cc3cccc4sc(N)nc34)C[C@@H]21. The molecule has 4 aromatic rings. The molecule has 2 aliphatic heterocycles. The van der Waals surface area contributed by atoms with Crippen LogP contribution in [0.2, 0.25) is 0 Å². The fourth-order valence-electron chi connectivity index (χ4n) is 5.82. The number of hydrazine groups is 1. The zero-order chi connectivity index (χ0) is 30.8. The first-order valence-electron chi connectivity index (χ1n) is 14.1. The molecule has 0 spiro atoms. The van der Waals surface area contributed by atoms with Gasteiger partial charge in [0.05, 0.1) is 29.9 Å². The maximum atomic E-state index is 14.1. The van der Waals surface area contributed by atoms with Crippen LogP contribution in [0.4, 0.5) is 14.3 Å². The minimum atomic E-state index is -0.878. The highest BCUT2D eigenvalue weighted by Crippen LogP contribution is 2.32. The van der Waals surface area contributed by atoms with Gasteiger partial charge < -0.3 is 20.9 Å². The molecule has 0 radical (unpaired) electrons. The number of halogens is 1. The van der Waals surface area contributed by atoms with Gasteiger partial charge in [-0.3, -0.25) is 9.59 Å². The molecule has 2 saturated heterocycles. The molecule has 3 heterocycles. The van der Waals surface area contributed by atoms with E-state index in [9.17, 15) is 18.8 Å². The number of terminal acetylenes is 1. The number of carbonyl (C=O) groups is 3. The Bertz CT molecular complexity index is 1740. The number of urea groups is 1. The fourth-order valence-corrected chi connectivity index (χ4v) is 6.60. The van der Waals surface area contributed by atoms with Crippen molar-refractivity contribution in [3.05, 3.63) is 95.3 Å². The number of hydrogen-bond acceptors (Lipinski definition) is 7.